The summed E-state index contributed by atoms with van der Waals surface area (Å²) in [5, 5.41) is 10.1. The summed E-state index contributed by atoms with van der Waals surface area (Å²) in [7, 11) is 0. The molecule has 2 atom stereocenters. The van der Waals surface area contributed by atoms with Crippen LogP contribution in [0.2, 0.25) is 0 Å². The van der Waals surface area contributed by atoms with Crippen molar-refractivity contribution in [2.24, 2.45) is 0 Å². The minimum atomic E-state index is -0.547. The molecule has 1 aliphatic rings. The summed E-state index contributed by atoms with van der Waals surface area (Å²) in [6.45, 7) is 0.358. The molecule has 1 N–H and O–H groups in total. The number of rotatable bonds is 2. The first-order valence-corrected chi connectivity index (χ1v) is 7.80. The Morgan fingerprint density at radius 2 is 2.04 bits per heavy atom. The van der Waals surface area contributed by atoms with E-state index in [1.807, 2.05) is 17.0 Å². The molecule has 0 bridgehead atoms. The molecule has 0 aliphatic carbocycles. The Morgan fingerprint density at radius 3 is 2.88 bits per heavy atom. The van der Waals surface area contributed by atoms with Crippen LogP contribution in [0.4, 0.5) is 10.2 Å². The standard InChI is InChI=1S/C18H16FN3O2/c19-13-5-3-4-12(8-13)15-9-14(23)11-22(15)17-10-18(24)21-7-2-1-6-16(21)20-17/h1-8,10,14-15,23H,9,11H2/t14-,15+/m0/s1. The Labute approximate surface area is 137 Å². The van der Waals surface area contributed by atoms with E-state index in [2.05, 4.69) is 4.98 Å². The van der Waals surface area contributed by atoms with Gasteiger partial charge in [0.2, 0.25) is 0 Å². The predicted molar refractivity (Wildman–Crippen MR) is 88.6 cm³/mol. The van der Waals surface area contributed by atoms with Crippen LogP contribution < -0.4 is 10.5 Å². The fourth-order valence-corrected chi connectivity index (χ4v) is 3.29. The van der Waals surface area contributed by atoms with E-state index in [1.165, 1.54) is 22.6 Å². The first-order chi connectivity index (χ1) is 11.6. The molecule has 24 heavy (non-hydrogen) atoms. The maximum Gasteiger partial charge on any atom is 0.259 e. The van der Waals surface area contributed by atoms with Crippen LogP contribution in [0.25, 0.3) is 5.65 Å². The zero-order valence-corrected chi connectivity index (χ0v) is 12.8. The first kappa shape index (κ1) is 14.8. The summed E-state index contributed by atoms with van der Waals surface area (Å²) < 4.78 is 15.0. The number of hydrogen-bond donors (Lipinski definition) is 1. The molecular formula is C18H16FN3O2. The lowest BCUT2D eigenvalue weighted by Crippen LogP contribution is -2.27. The molecule has 0 amide bonds. The van der Waals surface area contributed by atoms with Crippen LogP contribution in [0.1, 0.15) is 18.0 Å². The summed E-state index contributed by atoms with van der Waals surface area (Å²) in [5.74, 6) is 0.178. The molecule has 122 valence electrons. The molecule has 2 aromatic heterocycles. The smallest absolute Gasteiger partial charge is 0.259 e. The molecule has 3 aromatic rings. The van der Waals surface area contributed by atoms with E-state index in [1.54, 1.807) is 24.4 Å². The molecule has 6 heteroatoms. The van der Waals surface area contributed by atoms with E-state index in [0.29, 0.717) is 24.4 Å². The van der Waals surface area contributed by atoms with Crippen LogP contribution in [-0.2, 0) is 0 Å². The van der Waals surface area contributed by atoms with E-state index < -0.39 is 6.10 Å². The Morgan fingerprint density at radius 1 is 1.17 bits per heavy atom. The number of hydrogen-bond acceptors (Lipinski definition) is 4. The minimum Gasteiger partial charge on any atom is -0.391 e. The van der Waals surface area contributed by atoms with Crippen LogP contribution >= 0.6 is 0 Å². The second kappa shape index (κ2) is 5.72. The molecule has 0 radical (unpaired) electrons. The van der Waals surface area contributed by atoms with Gasteiger partial charge < -0.3 is 10.0 Å². The molecule has 0 saturated carbocycles. The molecule has 3 heterocycles. The van der Waals surface area contributed by atoms with Crippen molar-refractivity contribution in [2.45, 2.75) is 18.6 Å². The van der Waals surface area contributed by atoms with Gasteiger partial charge in [-0.2, -0.15) is 0 Å². The van der Waals surface area contributed by atoms with E-state index >= 15 is 0 Å². The van der Waals surface area contributed by atoms with Gasteiger partial charge in [0.15, 0.2) is 0 Å². The van der Waals surface area contributed by atoms with Crippen molar-refractivity contribution in [1.82, 2.24) is 9.38 Å². The molecule has 0 spiro atoms. The predicted octanol–water partition coefficient (Wildman–Crippen LogP) is 2.15. The Hall–Kier alpha value is -2.73. The fourth-order valence-electron chi connectivity index (χ4n) is 3.29. The summed E-state index contributed by atoms with van der Waals surface area (Å²) in [6, 6.07) is 12.9. The van der Waals surface area contributed by atoms with Crippen LogP contribution in [0.5, 0.6) is 0 Å². The lowest BCUT2D eigenvalue weighted by molar-refractivity contribution is 0.194. The maximum atomic E-state index is 13.6. The summed E-state index contributed by atoms with van der Waals surface area (Å²) in [5.41, 5.74) is 1.12. The third-order valence-corrected chi connectivity index (χ3v) is 4.36. The molecule has 5 nitrogen and oxygen atoms in total. The highest BCUT2D eigenvalue weighted by molar-refractivity contribution is 5.51. The number of halogens is 1. The highest BCUT2D eigenvalue weighted by atomic mass is 19.1. The van der Waals surface area contributed by atoms with Crippen LogP contribution in [0, 0.1) is 5.82 Å². The largest absolute Gasteiger partial charge is 0.391 e. The van der Waals surface area contributed by atoms with Crippen molar-refractivity contribution in [1.29, 1.82) is 0 Å². The van der Waals surface area contributed by atoms with Gasteiger partial charge >= 0.3 is 0 Å². The zero-order valence-electron chi connectivity index (χ0n) is 12.8. The second-order valence-electron chi connectivity index (χ2n) is 5.99. The Balaban J connectivity index is 1.80. The van der Waals surface area contributed by atoms with E-state index in [-0.39, 0.29) is 17.4 Å². The highest BCUT2D eigenvalue weighted by Crippen LogP contribution is 2.35. The normalized spacial score (nSPS) is 20.7. The van der Waals surface area contributed by atoms with Gasteiger partial charge in [0.05, 0.1) is 12.1 Å². The Kier molecular flexibility index (Phi) is 3.54. The number of anilines is 1. The first-order valence-electron chi connectivity index (χ1n) is 7.80. The average molecular weight is 325 g/mol. The van der Waals surface area contributed by atoms with E-state index in [9.17, 15) is 14.3 Å². The van der Waals surface area contributed by atoms with Gasteiger partial charge in [-0.05, 0) is 36.2 Å². The number of aromatic nitrogens is 2. The second-order valence-corrected chi connectivity index (χ2v) is 5.99. The van der Waals surface area contributed by atoms with Crippen molar-refractivity contribution in [2.75, 3.05) is 11.4 Å². The minimum absolute atomic E-state index is 0.185. The molecule has 1 aliphatic heterocycles. The lowest BCUT2D eigenvalue weighted by atomic mass is 10.0. The van der Waals surface area contributed by atoms with Gasteiger partial charge in [0, 0.05) is 18.8 Å². The van der Waals surface area contributed by atoms with Crippen molar-refractivity contribution in [3.8, 4) is 0 Å². The fraction of sp³-hybridized carbons (Fsp3) is 0.222. The topological polar surface area (TPSA) is 57.8 Å². The summed E-state index contributed by atoms with van der Waals surface area (Å²) in [6.07, 6.45) is 1.59. The number of benzene rings is 1. The lowest BCUT2D eigenvalue weighted by Gasteiger charge is -2.25. The van der Waals surface area contributed by atoms with Gasteiger partial charge in [-0.1, -0.05) is 18.2 Å². The Bertz CT molecular complexity index is 956. The number of nitrogens with zero attached hydrogens (tertiary/aromatic N) is 3. The number of fused-ring (bicyclic) bond motifs is 1. The third-order valence-electron chi connectivity index (χ3n) is 4.36. The van der Waals surface area contributed by atoms with Crippen LogP contribution in [-0.4, -0.2) is 27.1 Å². The van der Waals surface area contributed by atoms with Gasteiger partial charge in [0.25, 0.3) is 5.56 Å². The van der Waals surface area contributed by atoms with Gasteiger partial charge in [0.1, 0.15) is 17.3 Å². The van der Waals surface area contributed by atoms with Gasteiger partial charge in [-0.25, -0.2) is 9.37 Å². The van der Waals surface area contributed by atoms with Gasteiger partial charge in [-0.15, -0.1) is 0 Å². The third kappa shape index (κ3) is 2.55. The zero-order chi connectivity index (χ0) is 16.7. The van der Waals surface area contributed by atoms with Crippen molar-refractivity contribution < 1.29 is 9.50 Å². The number of aliphatic hydroxyl groups is 1. The van der Waals surface area contributed by atoms with Crippen LogP contribution in [0.15, 0.2) is 59.5 Å². The highest BCUT2D eigenvalue weighted by Gasteiger charge is 2.33. The molecule has 1 aromatic carbocycles. The van der Waals surface area contributed by atoms with Gasteiger partial charge in [-0.3, -0.25) is 9.20 Å². The van der Waals surface area contributed by atoms with Crippen molar-refractivity contribution in [3.05, 3.63) is 76.5 Å². The van der Waals surface area contributed by atoms with Crippen LogP contribution in [0.3, 0.4) is 0 Å². The summed E-state index contributed by atoms with van der Waals surface area (Å²) >= 11 is 0. The SMILES string of the molecule is O=c1cc(N2C[C@@H](O)C[C@@H]2c2cccc(F)c2)nc2ccccn12. The molecule has 1 fully saturated rings. The van der Waals surface area contributed by atoms with E-state index in [0.717, 1.165) is 5.56 Å². The van der Waals surface area contributed by atoms with Crippen molar-refractivity contribution in [3.63, 3.8) is 0 Å². The molecule has 4 rings (SSSR count). The molecule has 1 saturated heterocycles. The monoisotopic (exact) mass is 325 g/mol. The number of pyridine rings is 1. The number of β-amino-alcohol motifs (C(OH)–C–C–N with tert-alkyl or cyclic N) is 1. The molecule has 0 unspecified atom stereocenters. The average Bonchev–Trinajstić information content (AvgIpc) is 2.97. The summed E-state index contributed by atoms with van der Waals surface area (Å²) in [4.78, 5) is 18.7. The maximum absolute atomic E-state index is 13.6. The quantitative estimate of drug-likeness (QED) is 0.784. The van der Waals surface area contributed by atoms with E-state index in [4.69, 9.17) is 0 Å². The number of aliphatic hydroxyl groups excluding tert-OH is 1. The van der Waals surface area contributed by atoms with Crippen molar-refractivity contribution >= 4 is 11.5 Å². The molecular weight excluding hydrogens is 309 g/mol.